The van der Waals surface area contributed by atoms with Crippen LogP contribution in [-0.2, 0) is 0 Å². The summed E-state index contributed by atoms with van der Waals surface area (Å²) in [5.74, 6) is 0.804. The van der Waals surface area contributed by atoms with E-state index in [1.165, 1.54) is 0 Å². The van der Waals surface area contributed by atoms with Crippen LogP contribution in [0.2, 0.25) is 0 Å². The van der Waals surface area contributed by atoms with Crippen LogP contribution >= 0.6 is 0 Å². The van der Waals surface area contributed by atoms with Crippen LogP contribution in [0, 0.1) is 5.41 Å². The highest BCUT2D eigenvalue weighted by atomic mass is 16.1. The van der Waals surface area contributed by atoms with Gasteiger partial charge in [-0.1, -0.05) is 45.0 Å². The number of nitrogens with one attached hydrogen (secondary N) is 3. The number of aromatic nitrogens is 3. The Bertz CT molecular complexity index is 1450. The lowest BCUT2D eigenvalue weighted by Crippen LogP contribution is -2.31. The highest BCUT2D eigenvalue weighted by molar-refractivity contribution is 6.11. The molecular formula is C26H26N4O. The van der Waals surface area contributed by atoms with Gasteiger partial charge < -0.3 is 15.3 Å². The Balaban J connectivity index is 1.76. The van der Waals surface area contributed by atoms with E-state index < -0.39 is 0 Å². The first kappa shape index (κ1) is 19.4. The molecule has 5 aromatic rings. The Morgan fingerprint density at radius 3 is 2.58 bits per heavy atom. The van der Waals surface area contributed by atoms with E-state index >= 15 is 0 Å². The molecule has 0 aliphatic heterocycles. The van der Waals surface area contributed by atoms with Crippen molar-refractivity contribution in [2.75, 3.05) is 5.32 Å². The third kappa shape index (κ3) is 3.36. The van der Waals surface area contributed by atoms with Gasteiger partial charge in [-0.05, 0) is 48.2 Å². The number of para-hydroxylation sites is 1. The molecule has 0 amide bonds. The van der Waals surface area contributed by atoms with Crippen LogP contribution in [0.15, 0.2) is 65.6 Å². The van der Waals surface area contributed by atoms with Gasteiger partial charge in [0.1, 0.15) is 5.82 Å². The number of aromatic amines is 2. The zero-order chi connectivity index (χ0) is 21.8. The number of nitrogens with zero attached hydrogens (tertiary/aromatic N) is 1. The number of hydrogen-bond donors (Lipinski definition) is 3. The van der Waals surface area contributed by atoms with Gasteiger partial charge in [0.25, 0.3) is 5.56 Å². The lowest BCUT2D eigenvalue weighted by Gasteiger charge is -2.29. The molecule has 1 atom stereocenters. The normalized spacial score (nSPS) is 13.2. The molecule has 0 saturated heterocycles. The predicted octanol–water partition coefficient (Wildman–Crippen LogP) is 6.07. The molecule has 3 aromatic heterocycles. The first-order valence-corrected chi connectivity index (χ1v) is 10.6. The molecule has 5 rings (SSSR count). The molecule has 5 heteroatoms. The first-order chi connectivity index (χ1) is 14.8. The summed E-state index contributed by atoms with van der Waals surface area (Å²) in [5, 5.41) is 7.20. The summed E-state index contributed by atoms with van der Waals surface area (Å²) in [6.45, 7) is 8.76. The van der Waals surface area contributed by atoms with Crippen LogP contribution in [0.4, 0.5) is 5.82 Å². The van der Waals surface area contributed by atoms with Crippen molar-refractivity contribution < 1.29 is 0 Å². The van der Waals surface area contributed by atoms with Crippen molar-refractivity contribution in [3.8, 4) is 11.3 Å². The average Bonchev–Trinajstić information content (AvgIpc) is 3.17. The zero-order valence-corrected chi connectivity index (χ0v) is 18.2. The van der Waals surface area contributed by atoms with Gasteiger partial charge in [-0.25, -0.2) is 4.98 Å². The molecule has 3 heterocycles. The monoisotopic (exact) mass is 410 g/mol. The van der Waals surface area contributed by atoms with Crippen LogP contribution in [0.3, 0.4) is 0 Å². The Hall–Kier alpha value is -3.60. The van der Waals surface area contributed by atoms with E-state index in [-0.39, 0.29) is 17.0 Å². The van der Waals surface area contributed by atoms with Crippen LogP contribution < -0.4 is 10.9 Å². The second-order valence-corrected chi connectivity index (χ2v) is 9.29. The summed E-state index contributed by atoms with van der Waals surface area (Å²) in [5.41, 5.74) is 3.79. The summed E-state index contributed by atoms with van der Waals surface area (Å²) < 4.78 is 0. The molecule has 0 radical (unpaired) electrons. The van der Waals surface area contributed by atoms with Crippen LogP contribution in [0.25, 0.3) is 43.8 Å². The van der Waals surface area contributed by atoms with Crippen LogP contribution in [0.1, 0.15) is 27.7 Å². The van der Waals surface area contributed by atoms with Crippen molar-refractivity contribution in [1.82, 2.24) is 15.0 Å². The van der Waals surface area contributed by atoms with E-state index in [1.807, 2.05) is 18.2 Å². The molecule has 2 aromatic carbocycles. The van der Waals surface area contributed by atoms with Gasteiger partial charge in [-0.2, -0.15) is 0 Å². The van der Waals surface area contributed by atoms with Crippen molar-refractivity contribution in [2.24, 2.45) is 5.41 Å². The molecule has 0 fully saturated rings. The summed E-state index contributed by atoms with van der Waals surface area (Å²) in [7, 11) is 0. The standard InChI is InChI=1S/C26H26N4O/c1-15(26(2,3)4)28-24-18-10-9-17(22-14-16-7-5-6-8-20(16)29-22)13-19(18)23-21(30-24)11-12-27-25(23)31/h5-15,29H,1-4H3,(H,27,31)(H,28,30). The van der Waals surface area contributed by atoms with E-state index in [0.29, 0.717) is 10.9 Å². The molecule has 3 N–H and O–H groups in total. The van der Waals surface area contributed by atoms with Gasteiger partial charge in [0.05, 0.1) is 10.9 Å². The Morgan fingerprint density at radius 1 is 1.00 bits per heavy atom. The molecule has 0 saturated carbocycles. The molecule has 31 heavy (non-hydrogen) atoms. The molecular weight excluding hydrogens is 384 g/mol. The van der Waals surface area contributed by atoms with Gasteiger partial charge in [0.2, 0.25) is 0 Å². The number of anilines is 1. The molecule has 0 aliphatic rings. The first-order valence-electron chi connectivity index (χ1n) is 10.6. The zero-order valence-electron chi connectivity index (χ0n) is 18.2. The maximum atomic E-state index is 12.8. The fourth-order valence-electron chi connectivity index (χ4n) is 3.89. The quantitative estimate of drug-likeness (QED) is 0.316. The molecule has 0 bridgehead atoms. The second-order valence-electron chi connectivity index (χ2n) is 9.29. The minimum atomic E-state index is -0.126. The van der Waals surface area contributed by atoms with Gasteiger partial charge in [-0.3, -0.25) is 4.79 Å². The molecule has 0 aliphatic carbocycles. The highest BCUT2D eigenvalue weighted by Crippen LogP contribution is 2.34. The summed E-state index contributed by atoms with van der Waals surface area (Å²) >= 11 is 0. The summed E-state index contributed by atoms with van der Waals surface area (Å²) in [4.78, 5) is 23.9. The van der Waals surface area contributed by atoms with Crippen molar-refractivity contribution in [3.63, 3.8) is 0 Å². The lowest BCUT2D eigenvalue weighted by molar-refractivity contribution is 0.359. The van der Waals surface area contributed by atoms with E-state index in [1.54, 1.807) is 6.20 Å². The Kier molecular flexibility index (Phi) is 4.36. The van der Waals surface area contributed by atoms with Gasteiger partial charge >= 0.3 is 0 Å². The third-order valence-corrected chi connectivity index (χ3v) is 6.21. The van der Waals surface area contributed by atoms with E-state index in [2.05, 4.69) is 79.4 Å². The fourth-order valence-corrected chi connectivity index (χ4v) is 3.89. The van der Waals surface area contributed by atoms with Gasteiger partial charge in [0.15, 0.2) is 0 Å². The van der Waals surface area contributed by atoms with E-state index in [4.69, 9.17) is 4.98 Å². The van der Waals surface area contributed by atoms with Crippen molar-refractivity contribution in [1.29, 1.82) is 0 Å². The lowest BCUT2D eigenvalue weighted by atomic mass is 9.88. The highest BCUT2D eigenvalue weighted by Gasteiger charge is 2.22. The predicted molar refractivity (Wildman–Crippen MR) is 130 cm³/mol. The summed E-state index contributed by atoms with van der Waals surface area (Å²) in [6.07, 6.45) is 1.65. The number of fused-ring (bicyclic) bond motifs is 4. The Labute approximate surface area is 180 Å². The Morgan fingerprint density at radius 2 is 1.81 bits per heavy atom. The van der Waals surface area contributed by atoms with Crippen molar-refractivity contribution in [3.05, 3.63) is 71.1 Å². The largest absolute Gasteiger partial charge is 0.367 e. The van der Waals surface area contributed by atoms with Gasteiger partial charge in [0, 0.05) is 39.6 Å². The minimum Gasteiger partial charge on any atom is -0.367 e. The van der Waals surface area contributed by atoms with E-state index in [0.717, 1.165) is 38.8 Å². The van der Waals surface area contributed by atoms with Gasteiger partial charge in [-0.15, -0.1) is 0 Å². The fraction of sp³-hybridized carbons (Fsp3) is 0.231. The molecule has 5 nitrogen and oxygen atoms in total. The second kappa shape index (κ2) is 6.98. The summed E-state index contributed by atoms with van der Waals surface area (Å²) in [6, 6.07) is 18.7. The average molecular weight is 411 g/mol. The van der Waals surface area contributed by atoms with Crippen LogP contribution in [-0.4, -0.2) is 21.0 Å². The topological polar surface area (TPSA) is 73.6 Å². The number of hydrogen-bond acceptors (Lipinski definition) is 3. The maximum absolute atomic E-state index is 12.8. The maximum Gasteiger partial charge on any atom is 0.258 e. The molecule has 1 unspecified atom stereocenters. The SMILES string of the molecule is CC(Nc1nc2cc[nH]c(=O)c2c2cc(-c3cc4ccccc4[nH]3)ccc12)C(C)(C)C. The minimum absolute atomic E-state index is 0.0709. The number of benzene rings is 2. The van der Waals surface area contributed by atoms with Crippen molar-refractivity contribution in [2.45, 2.75) is 33.7 Å². The molecule has 156 valence electrons. The number of H-pyrrole nitrogens is 2. The van der Waals surface area contributed by atoms with E-state index in [9.17, 15) is 4.79 Å². The third-order valence-electron chi connectivity index (χ3n) is 6.21. The number of rotatable bonds is 3. The van der Waals surface area contributed by atoms with Crippen molar-refractivity contribution >= 4 is 38.4 Å². The smallest absolute Gasteiger partial charge is 0.258 e. The van der Waals surface area contributed by atoms with Crippen LogP contribution in [0.5, 0.6) is 0 Å². The molecule has 0 spiro atoms. The number of pyridine rings is 2.